The molecule has 1 aromatic rings. The van der Waals surface area contributed by atoms with Crippen LogP contribution in [0.5, 0.6) is 0 Å². The minimum absolute atomic E-state index is 0.103. The molecule has 6 nitrogen and oxygen atoms in total. The Hall–Kier alpha value is -1.05. The first-order valence-electron chi connectivity index (χ1n) is 6.23. The summed E-state index contributed by atoms with van der Waals surface area (Å²) in [7, 11) is 3.04. The molecule has 8 heteroatoms. The number of amides is 1. The van der Waals surface area contributed by atoms with Crippen LogP contribution in [0.3, 0.4) is 0 Å². The normalized spacial score (nSPS) is 23.9. The van der Waals surface area contributed by atoms with E-state index in [0.29, 0.717) is 13.1 Å². The number of methoxy groups -OCH3 is 1. The smallest absolute Gasteiger partial charge is 0.270 e. The predicted molar refractivity (Wildman–Crippen MR) is 74.4 cm³/mol. The Morgan fingerprint density at radius 2 is 2.25 bits per heavy atom. The van der Waals surface area contributed by atoms with Gasteiger partial charge in [0.05, 0.1) is 5.60 Å². The predicted octanol–water partition coefficient (Wildman–Crippen LogP) is 1.58. The van der Waals surface area contributed by atoms with Crippen molar-refractivity contribution in [1.82, 2.24) is 9.88 Å². The number of nitrogens with one attached hydrogen (secondary N) is 1. The number of halogens is 1. The van der Waals surface area contributed by atoms with E-state index >= 15 is 0 Å². The molecular formula is C12H17ClN2O4S. The van der Waals surface area contributed by atoms with E-state index < -0.39 is 9.05 Å². The van der Waals surface area contributed by atoms with E-state index in [9.17, 15) is 13.2 Å². The van der Waals surface area contributed by atoms with Crippen LogP contribution in [0.2, 0.25) is 0 Å². The van der Waals surface area contributed by atoms with E-state index in [1.807, 2.05) is 6.92 Å². The molecule has 0 radical (unpaired) electrons. The lowest BCUT2D eigenvalue weighted by atomic mass is 9.94. The molecule has 1 fully saturated rings. The lowest BCUT2D eigenvalue weighted by Crippen LogP contribution is -2.49. The van der Waals surface area contributed by atoms with Gasteiger partial charge in [-0.1, -0.05) is 0 Å². The molecule has 1 aromatic heterocycles. The Morgan fingerprint density at radius 3 is 2.80 bits per heavy atom. The van der Waals surface area contributed by atoms with E-state index in [-0.39, 0.29) is 22.1 Å². The minimum atomic E-state index is -3.83. The first kappa shape index (κ1) is 15.3. The third kappa shape index (κ3) is 3.16. The van der Waals surface area contributed by atoms with Crippen molar-refractivity contribution >= 4 is 25.6 Å². The van der Waals surface area contributed by atoms with Crippen molar-refractivity contribution in [1.29, 1.82) is 0 Å². The number of aromatic amines is 1. The van der Waals surface area contributed by atoms with Crippen LogP contribution in [0, 0.1) is 0 Å². The van der Waals surface area contributed by atoms with Gasteiger partial charge in [0.15, 0.2) is 0 Å². The number of hydrogen-bond acceptors (Lipinski definition) is 4. The molecule has 0 spiro atoms. The van der Waals surface area contributed by atoms with Gasteiger partial charge in [0.1, 0.15) is 10.6 Å². The molecule has 1 aliphatic rings. The molecule has 0 bridgehead atoms. The van der Waals surface area contributed by atoms with Gasteiger partial charge >= 0.3 is 0 Å². The summed E-state index contributed by atoms with van der Waals surface area (Å²) in [4.78, 5) is 16.6. The molecule has 1 unspecified atom stereocenters. The van der Waals surface area contributed by atoms with Crippen LogP contribution in [0.4, 0.5) is 0 Å². The third-order valence-electron chi connectivity index (χ3n) is 3.61. The number of nitrogens with zero attached hydrogens (tertiary/aromatic N) is 1. The van der Waals surface area contributed by atoms with Crippen molar-refractivity contribution in [2.45, 2.75) is 30.3 Å². The number of piperidine rings is 1. The van der Waals surface area contributed by atoms with Gasteiger partial charge in [-0.15, -0.1) is 0 Å². The molecule has 2 heterocycles. The second-order valence-electron chi connectivity index (χ2n) is 5.17. The van der Waals surface area contributed by atoms with Crippen LogP contribution in [0.25, 0.3) is 0 Å². The number of ether oxygens (including phenoxy) is 1. The number of carbonyl (C=O) groups excluding carboxylic acids is 1. The highest BCUT2D eigenvalue weighted by atomic mass is 35.7. The minimum Gasteiger partial charge on any atom is -0.377 e. The van der Waals surface area contributed by atoms with E-state index in [0.717, 1.165) is 12.8 Å². The van der Waals surface area contributed by atoms with Crippen molar-refractivity contribution in [2.24, 2.45) is 0 Å². The zero-order valence-corrected chi connectivity index (χ0v) is 12.9. The Balaban J connectivity index is 2.17. The summed E-state index contributed by atoms with van der Waals surface area (Å²) >= 11 is 0. The largest absolute Gasteiger partial charge is 0.377 e. The molecule has 2 rings (SSSR count). The first-order chi connectivity index (χ1) is 9.25. The summed E-state index contributed by atoms with van der Waals surface area (Å²) in [6.45, 7) is 3.06. The molecule has 20 heavy (non-hydrogen) atoms. The fourth-order valence-corrected chi connectivity index (χ4v) is 3.08. The quantitative estimate of drug-likeness (QED) is 0.858. The van der Waals surface area contributed by atoms with E-state index in [1.165, 1.54) is 12.3 Å². The number of hydrogen-bond donors (Lipinski definition) is 1. The summed E-state index contributed by atoms with van der Waals surface area (Å²) in [5, 5.41) is 0. The van der Waals surface area contributed by atoms with E-state index in [2.05, 4.69) is 4.98 Å². The molecule has 0 saturated carbocycles. The maximum absolute atomic E-state index is 12.3. The van der Waals surface area contributed by atoms with Gasteiger partial charge < -0.3 is 14.6 Å². The lowest BCUT2D eigenvalue weighted by molar-refractivity contribution is -0.0441. The van der Waals surface area contributed by atoms with Crippen LogP contribution >= 0.6 is 10.7 Å². The van der Waals surface area contributed by atoms with Crippen LogP contribution < -0.4 is 0 Å². The number of likely N-dealkylation sites (tertiary alicyclic amines) is 1. The zero-order chi connectivity index (χ0) is 15.0. The fourth-order valence-electron chi connectivity index (χ4n) is 2.35. The number of carbonyl (C=O) groups is 1. The first-order valence-corrected chi connectivity index (χ1v) is 8.54. The van der Waals surface area contributed by atoms with Crippen LogP contribution in [-0.4, -0.2) is 50.0 Å². The molecule has 1 N–H and O–H groups in total. The molecule has 1 atom stereocenters. The van der Waals surface area contributed by atoms with Gasteiger partial charge in [-0.3, -0.25) is 4.79 Å². The summed E-state index contributed by atoms with van der Waals surface area (Å²) < 4.78 is 27.8. The summed E-state index contributed by atoms with van der Waals surface area (Å²) in [5.41, 5.74) is -0.147. The zero-order valence-electron chi connectivity index (χ0n) is 11.3. The van der Waals surface area contributed by atoms with Gasteiger partial charge in [-0.25, -0.2) is 8.42 Å². The number of aromatic nitrogens is 1. The lowest BCUT2D eigenvalue weighted by Gasteiger charge is -2.39. The fraction of sp³-hybridized carbons (Fsp3) is 0.583. The highest BCUT2D eigenvalue weighted by Crippen LogP contribution is 2.25. The number of rotatable bonds is 3. The van der Waals surface area contributed by atoms with Crippen molar-refractivity contribution < 1.29 is 17.9 Å². The average Bonchev–Trinajstić information content (AvgIpc) is 2.87. The second kappa shape index (κ2) is 5.38. The SMILES string of the molecule is COC1(C)CCCN(C(=O)c2cc(S(=O)(=O)Cl)c[nH]2)C1. The van der Waals surface area contributed by atoms with E-state index in [1.54, 1.807) is 12.0 Å². The molecular weight excluding hydrogens is 304 g/mol. The standard InChI is InChI=1S/C12H17ClN2O4S/c1-12(19-2)4-3-5-15(8-12)11(16)10-6-9(7-14-10)20(13,17)18/h6-7,14H,3-5,8H2,1-2H3. The average molecular weight is 321 g/mol. The van der Waals surface area contributed by atoms with Gasteiger partial charge in [0, 0.05) is 37.1 Å². The van der Waals surface area contributed by atoms with Gasteiger partial charge in [0.2, 0.25) is 0 Å². The molecule has 1 aliphatic heterocycles. The van der Waals surface area contributed by atoms with Gasteiger partial charge in [-0.05, 0) is 25.8 Å². The molecule has 1 amide bonds. The van der Waals surface area contributed by atoms with E-state index in [4.69, 9.17) is 15.4 Å². The highest BCUT2D eigenvalue weighted by Gasteiger charge is 2.33. The Morgan fingerprint density at radius 1 is 1.55 bits per heavy atom. The third-order valence-corrected chi connectivity index (χ3v) is 4.94. The summed E-state index contributed by atoms with van der Waals surface area (Å²) in [6, 6.07) is 1.25. The second-order valence-corrected chi connectivity index (χ2v) is 7.74. The maximum atomic E-state index is 12.3. The Bertz CT molecular complexity index is 613. The van der Waals surface area contributed by atoms with Gasteiger partial charge in [0.25, 0.3) is 15.0 Å². The van der Waals surface area contributed by atoms with Crippen LogP contribution in [0.1, 0.15) is 30.3 Å². The topological polar surface area (TPSA) is 79.5 Å². The van der Waals surface area contributed by atoms with Crippen molar-refractivity contribution in [2.75, 3.05) is 20.2 Å². The maximum Gasteiger partial charge on any atom is 0.270 e. The molecule has 0 aliphatic carbocycles. The Kier molecular flexibility index (Phi) is 4.13. The number of H-pyrrole nitrogens is 1. The summed E-state index contributed by atoms with van der Waals surface area (Å²) in [5.74, 6) is -0.250. The van der Waals surface area contributed by atoms with Gasteiger partial charge in [-0.2, -0.15) is 0 Å². The highest BCUT2D eigenvalue weighted by molar-refractivity contribution is 8.13. The van der Waals surface area contributed by atoms with Crippen molar-refractivity contribution in [3.63, 3.8) is 0 Å². The van der Waals surface area contributed by atoms with Crippen molar-refractivity contribution in [3.8, 4) is 0 Å². The van der Waals surface area contributed by atoms with Crippen LogP contribution in [-0.2, 0) is 13.8 Å². The monoisotopic (exact) mass is 320 g/mol. The van der Waals surface area contributed by atoms with Crippen LogP contribution in [0.15, 0.2) is 17.2 Å². The summed E-state index contributed by atoms with van der Waals surface area (Å²) in [6.07, 6.45) is 2.95. The molecule has 0 aromatic carbocycles. The molecule has 112 valence electrons. The molecule has 1 saturated heterocycles. The van der Waals surface area contributed by atoms with Crippen molar-refractivity contribution in [3.05, 3.63) is 18.0 Å². The Labute approximate surface area is 122 Å².